The van der Waals surface area contributed by atoms with E-state index in [1.807, 2.05) is 0 Å². The highest BCUT2D eigenvalue weighted by molar-refractivity contribution is 6.26. The highest BCUT2D eigenvalue weighted by atomic mass is 14.4. The van der Waals surface area contributed by atoms with E-state index in [0.29, 0.717) is 0 Å². The van der Waals surface area contributed by atoms with Gasteiger partial charge in [-0.2, -0.15) is 0 Å². The Balaban J connectivity index is 0.575. The third-order valence-corrected chi connectivity index (χ3v) is 24.3. The SMILES string of the molecule is CC(C)(C)C1=CC2=CCc3cc(C(C)(C)C)cc4c3C2C(=C1)C(c1ccc(-c2ccc(-c3ccc5c(c3)C(C)(C)c3cc(-c6ccc7c(c6)C(C)(C)c6cc(-c8ccc(-c9ccc(-c%10c(C(C)(C)C)cc%11ccc%12cc(C(C)(C)C)cc%13ccc%10c%11c%12%13)cc9)cc8)ccc6-7)ccc3-5)cc2)cc1)=C4. The molecule has 5 aliphatic rings. The van der Waals surface area contributed by atoms with Gasteiger partial charge in [0.05, 0.1) is 0 Å². The van der Waals surface area contributed by atoms with E-state index >= 15 is 0 Å². The predicted octanol–water partition coefficient (Wildman–Crippen LogP) is 28.1. The first-order chi connectivity index (χ1) is 48.5. The fourth-order valence-electron chi connectivity index (χ4n) is 18.2. The lowest BCUT2D eigenvalue weighted by Crippen LogP contribution is -2.24. The summed E-state index contributed by atoms with van der Waals surface area (Å²) in [4.78, 5) is 0. The Morgan fingerprint density at radius 3 is 1.14 bits per heavy atom. The van der Waals surface area contributed by atoms with Crippen LogP contribution in [0.2, 0.25) is 0 Å². The second-order valence-electron chi connectivity index (χ2n) is 35.7. The van der Waals surface area contributed by atoms with Gasteiger partial charge in [-0.25, -0.2) is 0 Å². The fraction of sp³-hybridized carbons (Fsp3) is 0.235. The molecule has 0 radical (unpaired) electrons. The molecule has 5 aliphatic carbocycles. The predicted molar refractivity (Wildman–Crippen MR) is 438 cm³/mol. The van der Waals surface area contributed by atoms with Crippen LogP contribution in [-0.2, 0) is 33.5 Å². The molecular weight excluding hydrogens is 1230 g/mol. The molecule has 102 heavy (non-hydrogen) atoms. The number of allylic oxidation sites excluding steroid dienone is 7. The average Bonchev–Trinajstić information content (AvgIpc) is 0.799. The van der Waals surface area contributed by atoms with Crippen molar-refractivity contribution in [3.63, 3.8) is 0 Å². The van der Waals surface area contributed by atoms with E-state index in [9.17, 15) is 0 Å². The van der Waals surface area contributed by atoms with E-state index in [1.54, 1.807) is 0 Å². The van der Waals surface area contributed by atoms with Crippen LogP contribution >= 0.6 is 0 Å². The Morgan fingerprint density at radius 2 is 0.706 bits per heavy atom. The zero-order valence-electron chi connectivity index (χ0n) is 62.5. The van der Waals surface area contributed by atoms with Gasteiger partial charge in [-0.05, 0) is 269 Å². The molecule has 0 spiro atoms. The third kappa shape index (κ3) is 10.1. The van der Waals surface area contributed by atoms with Crippen molar-refractivity contribution in [2.24, 2.45) is 5.41 Å². The molecule has 0 bridgehead atoms. The summed E-state index contributed by atoms with van der Waals surface area (Å²) in [6.07, 6.45) is 11.0. The van der Waals surface area contributed by atoms with Crippen molar-refractivity contribution in [2.45, 2.75) is 150 Å². The van der Waals surface area contributed by atoms with Gasteiger partial charge in [0.25, 0.3) is 0 Å². The molecule has 1 atom stereocenters. The first-order valence-corrected chi connectivity index (χ1v) is 37.3. The van der Waals surface area contributed by atoms with E-state index in [-0.39, 0.29) is 38.4 Å². The molecule has 0 N–H and O–H groups in total. The van der Waals surface area contributed by atoms with Crippen LogP contribution in [0.3, 0.4) is 0 Å². The van der Waals surface area contributed by atoms with Gasteiger partial charge in [-0.1, -0.05) is 323 Å². The lowest BCUT2D eigenvalue weighted by Gasteiger charge is -2.40. The van der Waals surface area contributed by atoms with Crippen LogP contribution < -0.4 is 0 Å². The zero-order valence-corrected chi connectivity index (χ0v) is 62.5. The number of fused-ring (bicyclic) bond motifs is 6. The maximum absolute atomic E-state index is 2.52. The summed E-state index contributed by atoms with van der Waals surface area (Å²) in [5.74, 6) is 0.271. The summed E-state index contributed by atoms with van der Waals surface area (Å²) in [5, 5.41) is 8.05. The van der Waals surface area contributed by atoms with Crippen molar-refractivity contribution in [3.05, 3.63) is 321 Å². The van der Waals surface area contributed by atoms with Gasteiger partial charge in [-0.15, -0.1) is 0 Å². The van der Waals surface area contributed by atoms with Gasteiger partial charge in [0.15, 0.2) is 0 Å². The molecule has 0 heteroatoms. The molecule has 0 saturated heterocycles. The smallest absolute Gasteiger partial charge is 0.0352 e. The Morgan fingerprint density at radius 1 is 0.324 bits per heavy atom. The quantitative estimate of drug-likeness (QED) is 0.140. The fourth-order valence-corrected chi connectivity index (χ4v) is 18.2. The summed E-state index contributed by atoms with van der Waals surface area (Å²) >= 11 is 0. The van der Waals surface area contributed by atoms with Crippen molar-refractivity contribution < 1.29 is 0 Å². The molecule has 1 unspecified atom stereocenters. The maximum Gasteiger partial charge on any atom is 0.0352 e. The minimum absolute atomic E-state index is 0.0448. The maximum atomic E-state index is 2.52. The zero-order chi connectivity index (χ0) is 70.6. The number of hydrogen-bond acceptors (Lipinski definition) is 0. The van der Waals surface area contributed by atoms with E-state index in [4.69, 9.17) is 0 Å². The third-order valence-electron chi connectivity index (χ3n) is 24.3. The molecule has 0 nitrogen and oxygen atoms in total. The van der Waals surface area contributed by atoms with E-state index < -0.39 is 0 Å². The molecule has 0 aromatic heterocycles. The molecule has 13 aromatic carbocycles. The van der Waals surface area contributed by atoms with Crippen LogP contribution in [-0.4, -0.2) is 0 Å². The number of hydrogen-bond donors (Lipinski definition) is 0. The van der Waals surface area contributed by atoms with Crippen LogP contribution in [0.1, 0.15) is 178 Å². The van der Waals surface area contributed by atoms with E-state index in [0.717, 1.165) is 6.42 Å². The van der Waals surface area contributed by atoms with Crippen molar-refractivity contribution in [1.82, 2.24) is 0 Å². The van der Waals surface area contributed by atoms with Gasteiger partial charge >= 0.3 is 0 Å². The Labute approximate surface area is 605 Å². The first kappa shape index (κ1) is 64.0. The molecule has 0 fully saturated rings. The lowest BCUT2D eigenvalue weighted by atomic mass is 9.64. The van der Waals surface area contributed by atoms with Crippen molar-refractivity contribution in [3.8, 4) is 89.0 Å². The monoisotopic (exact) mass is 1320 g/mol. The van der Waals surface area contributed by atoms with E-state index in [2.05, 4.69) is 360 Å². The Kier molecular flexibility index (Phi) is 13.9. The normalized spacial score (nSPS) is 16.3. The minimum Gasteiger partial charge on any atom is -0.0759 e. The molecule has 0 aliphatic heterocycles. The van der Waals surface area contributed by atoms with E-state index in [1.165, 1.54) is 205 Å². The summed E-state index contributed by atoms with van der Waals surface area (Å²) in [5.41, 5.74) is 41.2. The van der Waals surface area contributed by atoms with Crippen LogP contribution in [0.4, 0.5) is 0 Å². The van der Waals surface area contributed by atoms with Crippen molar-refractivity contribution >= 4 is 44.0 Å². The second kappa shape index (κ2) is 22.2. The molecule has 0 saturated carbocycles. The molecule has 13 aromatic rings. The highest BCUT2D eigenvalue weighted by Gasteiger charge is 2.41. The lowest BCUT2D eigenvalue weighted by molar-refractivity contribution is 0.513. The van der Waals surface area contributed by atoms with Crippen molar-refractivity contribution in [2.75, 3.05) is 0 Å². The summed E-state index contributed by atoms with van der Waals surface area (Å²) in [6.45, 7) is 37.7. The summed E-state index contributed by atoms with van der Waals surface area (Å²) in [7, 11) is 0. The number of benzene rings is 13. The second-order valence-corrected chi connectivity index (χ2v) is 35.7. The largest absolute Gasteiger partial charge is 0.0759 e. The van der Waals surface area contributed by atoms with Crippen LogP contribution in [0.5, 0.6) is 0 Å². The summed E-state index contributed by atoms with van der Waals surface area (Å²) < 4.78 is 0. The number of rotatable bonds is 7. The minimum atomic E-state index is -0.177. The highest BCUT2D eigenvalue weighted by Crippen LogP contribution is 2.57. The standard InChI is InChI=1S/C102H92/c1-97(2,3)77-47-71-34-36-75-57-91(100(10,11)12)94(84-46-41-73(49-77)92(71)95(75)84)66-31-27-62(28-32-66)60-19-23-64(24-20-60)68-38-43-81-83-45-40-70(56-90(83)102(15,16)88(81)54-68)69-39-44-82-80-42-37-67(53-87(80)101(13,14)89(82)55-69)63-21-17-59(18-22-63)61-25-29-65(30-26-61)85-52-76-51-78(98(4,5)6)48-72-33-35-74-50-79(99(7,8)9)58-86(85)96(74)93(72)76/h17-32,34-58,96H,33H2,1-16H3. The Bertz CT molecular complexity index is 5830. The molecule has 0 heterocycles. The summed E-state index contributed by atoms with van der Waals surface area (Å²) in [6, 6.07) is 87.7. The average molecular weight is 1320 g/mol. The van der Waals surface area contributed by atoms with Gasteiger partial charge in [-0.3, -0.25) is 0 Å². The van der Waals surface area contributed by atoms with Crippen LogP contribution in [0.25, 0.3) is 133 Å². The van der Waals surface area contributed by atoms with Gasteiger partial charge in [0.2, 0.25) is 0 Å². The molecule has 0 amide bonds. The van der Waals surface area contributed by atoms with Crippen LogP contribution in [0.15, 0.2) is 259 Å². The molecule has 500 valence electrons. The molecular formula is C102H92. The first-order valence-electron chi connectivity index (χ1n) is 37.3. The van der Waals surface area contributed by atoms with Crippen LogP contribution in [0, 0.1) is 5.41 Å². The van der Waals surface area contributed by atoms with Gasteiger partial charge < -0.3 is 0 Å². The molecule has 18 rings (SSSR count). The topological polar surface area (TPSA) is 0 Å². The van der Waals surface area contributed by atoms with Crippen molar-refractivity contribution in [1.29, 1.82) is 0 Å². The van der Waals surface area contributed by atoms with Gasteiger partial charge in [0, 0.05) is 16.7 Å². The van der Waals surface area contributed by atoms with Gasteiger partial charge in [0.1, 0.15) is 0 Å². The Hall–Kier alpha value is -10.1.